The van der Waals surface area contributed by atoms with Gasteiger partial charge < -0.3 is 16.0 Å². The van der Waals surface area contributed by atoms with Crippen molar-refractivity contribution in [2.24, 2.45) is 5.92 Å². The first-order valence-electron chi connectivity index (χ1n) is 7.06. The topological polar surface area (TPSA) is 87.3 Å². The maximum atomic E-state index is 11.9. The van der Waals surface area contributed by atoms with Crippen LogP contribution in [0.4, 0.5) is 0 Å². The molecule has 6 nitrogen and oxygen atoms in total. The molecule has 0 saturated heterocycles. The van der Waals surface area contributed by atoms with E-state index in [1.54, 1.807) is 0 Å². The van der Waals surface area contributed by atoms with Crippen molar-refractivity contribution >= 4 is 40.9 Å². The molecule has 8 heteroatoms. The summed E-state index contributed by atoms with van der Waals surface area (Å²) in [5.41, 5.74) is 0.221. The van der Waals surface area contributed by atoms with Gasteiger partial charge in [0.05, 0.1) is 23.7 Å². The maximum Gasteiger partial charge on any atom is 0.253 e. The highest BCUT2D eigenvalue weighted by molar-refractivity contribution is 6.36. The van der Waals surface area contributed by atoms with Crippen molar-refractivity contribution in [3.63, 3.8) is 0 Å². The van der Waals surface area contributed by atoms with Gasteiger partial charge in [-0.3, -0.25) is 14.4 Å². The van der Waals surface area contributed by atoms with E-state index in [-0.39, 0.29) is 29.6 Å². The molecular formula is C15H19Cl2N3O3. The summed E-state index contributed by atoms with van der Waals surface area (Å²) in [6.45, 7) is 4.09. The van der Waals surface area contributed by atoms with Gasteiger partial charge in [-0.1, -0.05) is 37.0 Å². The highest BCUT2D eigenvalue weighted by Crippen LogP contribution is 2.20. The molecule has 1 rings (SSSR count). The number of benzene rings is 1. The summed E-state index contributed by atoms with van der Waals surface area (Å²) in [6, 6.07) is 4.44. The van der Waals surface area contributed by atoms with Gasteiger partial charge in [0, 0.05) is 11.6 Å². The van der Waals surface area contributed by atoms with Crippen LogP contribution in [0.3, 0.4) is 0 Å². The predicted molar refractivity (Wildman–Crippen MR) is 89.7 cm³/mol. The van der Waals surface area contributed by atoms with Crippen LogP contribution < -0.4 is 16.0 Å². The summed E-state index contributed by atoms with van der Waals surface area (Å²) in [6.07, 6.45) is 0. The fraction of sp³-hybridized carbons (Fsp3) is 0.400. The number of carbonyl (C=O) groups is 3. The van der Waals surface area contributed by atoms with Gasteiger partial charge in [0.25, 0.3) is 5.91 Å². The molecule has 0 aliphatic heterocycles. The molecule has 0 atom stereocenters. The third kappa shape index (κ3) is 7.34. The minimum atomic E-state index is -0.494. The van der Waals surface area contributed by atoms with Gasteiger partial charge >= 0.3 is 0 Å². The molecule has 23 heavy (non-hydrogen) atoms. The molecule has 0 heterocycles. The fourth-order valence-electron chi connectivity index (χ4n) is 1.55. The number of amides is 3. The Balaban J connectivity index is 2.35. The van der Waals surface area contributed by atoms with Crippen molar-refractivity contribution < 1.29 is 14.4 Å². The van der Waals surface area contributed by atoms with Crippen molar-refractivity contribution in [2.45, 2.75) is 13.8 Å². The van der Waals surface area contributed by atoms with E-state index >= 15 is 0 Å². The molecule has 0 spiro atoms. The number of halogens is 2. The lowest BCUT2D eigenvalue weighted by atomic mass is 10.2. The number of hydrogen-bond acceptors (Lipinski definition) is 3. The second kappa shape index (κ2) is 9.37. The lowest BCUT2D eigenvalue weighted by Gasteiger charge is -2.09. The Morgan fingerprint density at radius 1 is 1.00 bits per heavy atom. The van der Waals surface area contributed by atoms with Gasteiger partial charge in [0.15, 0.2) is 0 Å². The maximum absolute atomic E-state index is 11.9. The van der Waals surface area contributed by atoms with Crippen LogP contribution in [0.1, 0.15) is 24.2 Å². The van der Waals surface area contributed by atoms with Crippen LogP contribution >= 0.6 is 23.2 Å². The SMILES string of the molecule is CC(C)CNC(=O)CNC(=O)CNC(=O)c1ccc(Cl)cc1Cl. The highest BCUT2D eigenvalue weighted by atomic mass is 35.5. The zero-order valence-corrected chi connectivity index (χ0v) is 14.4. The summed E-state index contributed by atoms with van der Waals surface area (Å²) < 4.78 is 0. The van der Waals surface area contributed by atoms with Gasteiger partial charge in [-0.15, -0.1) is 0 Å². The molecule has 0 aliphatic rings. The molecule has 0 fully saturated rings. The first-order chi connectivity index (χ1) is 10.8. The first-order valence-corrected chi connectivity index (χ1v) is 7.82. The minimum Gasteiger partial charge on any atom is -0.354 e. The lowest BCUT2D eigenvalue weighted by Crippen LogP contribution is -2.42. The average molecular weight is 360 g/mol. The van der Waals surface area contributed by atoms with Gasteiger partial charge in [0.1, 0.15) is 0 Å². The zero-order valence-electron chi connectivity index (χ0n) is 12.9. The summed E-state index contributed by atoms with van der Waals surface area (Å²) in [5.74, 6) is -0.911. The van der Waals surface area contributed by atoms with Gasteiger partial charge in [-0.25, -0.2) is 0 Å². The Bertz CT molecular complexity index is 591. The third-order valence-electron chi connectivity index (χ3n) is 2.74. The van der Waals surface area contributed by atoms with Crippen LogP contribution in [0.15, 0.2) is 18.2 Å². The molecule has 1 aromatic carbocycles. The standard InChI is InChI=1S/C15H19Cl2N3O3/c1-9(2)6-18-13(21)7-19-14(22)8-20-15(23)11-4-3-10(16)5-12(11)17/h3-5,9H,6-8H2,1-2H3,(H,18,21)(H,19,22)(H,20,23). The molecular weight excluding hydrogens is 341 g/mol. The molecule has 3 N–H and O–H groups in total. The number of hydrogen-bond donors (Lipinski definition) is 3. The summed E-state index contributed by atoms with van der Waals surface area (Å²) in [7, 11) is 0. The van der Waals surface area contributed by atoms with Crippen molar-refractivity contribution in [3.8, 4) is 0 Å². The molecule has 0 unspecified atom stereocenters. The predicted octanol–water partition coefficient (Wildman–Crippen LogP) is 1.61. The van der Waals surface area contributed by atoms with Crippen LogP contribution in [0, 0.1) is 5.92 Å². The molecule has 1 aromatic rings. The molecule has 0 radical (unpaired) electrons. The molecule has 126 valence electrons. The first kappa shape index (κ1) is 19.3. The van der Waals surface area contributed by atoms with Crippen LogP contribution in [0.2, 0.25) is 10.0 Å². The van der Waals surface area contributed by atoms with Crippen molar-refractivity contribution in [1.82, 2.24) is 16.0 Å². The summed E-state index contributed by atoms with van der Waals surface area (Å²) in [5, 5.41) is 8.12. The monoisotopic (exact) mass is 359 g/mol. The molecule has 0 saturated carbocycles. The van der Waals surface area contributed by atoms with E-state index in [2.05, 4.69) is 16.0 Å². The summed E-state index contributed by atoms with van der Waals surface area (Å²) >= 11 is 11.7. The Morgan fingerprint density at radius 3 is 2.22 bits per heavy atom. The van der Waals surface area contributed by atoms with Crippen LogP contribution in [-0.2, 0) is 9.59 Å². The number of nitrogens with one attached hydrogen (secondary N) is 3. The van der Waals surface area contributed by atoms with Crippen LogP contribution in [0.5, 0.6) is 0 Å². The van der Waals surface area contributed by atoms with Crippen molar-refractivity contribution in [2.75, 3.05) is 19.6 Å². The van der Waals surface area contributed by atoms with E-state index in [9.17, 15) is 14.4 Å². The molecule has 0 aromatic heterocycles. The molecule has 3 amide bonds. The van der Waals surface area contributed by atoms with Gasteiger partial charge in [0.2, 0.25) is 11.8 Å². The third-order valence-corrected chi connectivity index (χ3v) is 3.29. The van der Waals surface area contributed by atoms with Gasteiger partial charge in [-0.05, 0) is 24.1 Å². The minimum absolute atomic E-state index is 0.136. The Morgan fingerprint density at radius 2 is 1.61 bits per heavy atom. The van der Waals surface area contributed by atoms with E-state index in [1.807, 2.05) is 13.8 Å². The van der Waals surface area contributed by atoms with E-state index in [4.69, 9.17) is 23.2 Å². The van der Waals surface area contributed by atoms with E-state index < -0.39 is 11.8 Å². The Labute approximate surface area is 144 Å². The fourth-order valence-corrected chi connectivity index (χ4v) is 2.05. The lowest BCUT2D eigenvalue weighted by molar-refractivity contribution is -0.125. The molecule has 0 aliphatic carbocycles. The van der Waals surface area contributed by atoms with Crippen molar-refractivity contribution in [3.05, 3.63) is 33.8 Å². The zero-order chi connectivity index (χ0) is 17.4. The van der Waals surface area contributed by atoms with E-state index in [0.717, 1.165) is 0 Å². The van der Waals surface area contributed by atoms with E-state index in [0.29, 0.717) is 17.5 Å². The molecule has 0 bridgehead atoms. The van der Waals surface area contributed by atoms with Crippen LogP contribution in [0.25, 0.3) is 0 Å². The average Bonchev–Trinajstić information content (AvgIpc) is 2.48. The normalized spacial score (nSPS) is 10.3. The van der Waals surface area contributed by atoms with Crippen LogP contribution in [-0.4, -0.2) is 37.4 Å². The second-order valence-electron chi connectivity index (χ2n) is 5.28. The van der Waals surface area contributed by atoms with E-state index in [1.165, 1.54) is 18.2 Å². The Kier molecular flexibility index (Phi) is 7.85. The van der Waals surface area contributed by atoms with Gasteiger partial charge in [-0.2, -0.15) is 0 Å². The quantitative estimate of drug-likeness (QED) is 0.691. The summed E-state index contributed by atoms with van der Waals surface area (Å²) in [4.78, 5) is 34.9. The number of rotatable bonds is 7. The Hall–Kier alpha value is -1.79. The second-order valence-corrected chi connectivity index (χ2v) is 6.13. The number of carbonyl (C=O) groups excluding carboxylic acids is 3. The highest BCUT2D eigenvalue weighted by Gasteiger charge is 2.12. The smallest absolute Gasteiger partial charge is 0.253 e. The largest absolute Gasteiger partial charge is 0.354 e. The van der Waals surface area contributed by atoms with Crippen molar-refractivity contribution in [1.29, 1.82) is 0 Å².